The van der Waals surface area contributed by atoms with Gasteiger partial charge < -0.3 is 15.2 Å². The van der Waals surface area contributed by atoms with Crippen molar-refractivity contribution in [1.82, 2.24) is 5.32 Å². The number of hydrogen-bond acceptors (Lipinski definition) is 3. The highest BCUT2D eigenvalue weighted by Crippen LogP contribution is 2.21. The van der Waals surface area contributed by atoms with Gasteiger partial charge in [-0.15, -0.1) is 0 Å². The standard InChI is InChI=1S/C18H31NO2/c1-5-15(2)16-8-10-17(11-9-16)21-13-7-6-12-18(3,14-20)19-4/h8-11,15,19-20H,5-7,12-14H2,1-4H3. The minimum absolute atomic E-state index is 0.168. The first kappa shape index (κ1) is 18.0. The van der Waals surface area contributed by atoms with Gasteiger partial charge in [0.15, 0.2) is 0 Å². The summed E-state index contributed by atoms with van der Waals surface area (Å²) in [4.78, 5) is 0. The number of aliphatic hydroxyl groups is 1. The summed E-state index contributed by atoms with van der Waals surface area (Å²) in [6.45, 7) is 7.40. The van der Waals surface area contributed by atoms with Crippen LogP contribution in [0.25, 0.3) is 0 Å². The van der Waals surface area contributed by atoms with Gasteiger partial charge in [0.1, 0.15) is 5.75 Å². The van der Waals surface area contributed by atoms with Crippen molar-refractivity contribution in [2.75, 3.05) is 20.3 Å². The van der Waals surface area contributed by atoms with Crippen LogP contribution in [0.5, 0.6) is 5.75 Å². The lowest BCUT2D eigenvalue weighted by molar-refractivity contribution is 0.168. The summed E-state index contributed by atoms with van der Waals surface area (Å²) in [7, 11) is 1.89. The van der Waals surface area contributed by atoms with Crippen molar-refractivity contribution < 1.29 is 9.84 Å². The molecule has 2 unspecified atom stereocenters. The molecule has 1 rings (SSSR count). The van der Waals surface area contributed by atoms with Crippen molar-refractivity contribution in [2.24, 2.45) is 0 Å². The highest BCUT2D eigenvalue weighted by molar-refractivity contribution is 5.29. The van der Waals surface area contributed by atoms with Gasteiger partial charge in [-0.2, -0.15) is 0 Å². The Kier molecular flexibility index (Phi) is 7.76. The summed E-state index contributed by atoms with van der Waals surface area (Å²) in [6, 6.07) is 8.44. The third-order valence-corrected chi connectivity index (χ3v) is 4.41. The molecule has 0 aliphatic carbocycles. The zero-order valence-electron chi connectivity index (χ0n) is 14.0. The molecule has 0 fully saturated rings. The van der Waals surface area contributed by atoms with Crippen LogP contribution in [0.15, 0.2) is 24.3 Å². The number of nitrogens with one attached hydrogen (secondary N) is 1. The van der Waals surface area contributed by atoms with E-state index in [1.165, 1.54) is 5.56 Å². The first-order valence-corrected chi connectivity index (χ1v) is 8.07. The molecule has 0 aliphatic heterocycles. The Morgan fingerprint density at radius 3 is 2.43 bits per heavy atom. The first-order valence-electron chi connectivity index (χ1n) is 8.07. The van der Waals surface area contributed by atoms with Crippen molar-refractivity contribution in [3.05, 3.63) is 29.8 Å². The van der Waals surface area contributed by atoms with Crippen LogP contribution in [0.4, 0.5) is 0 Å². The maximum atomic E-state index is 9.32. The SMILES string of the molecule is CCC(C)c1ccc(OCCCCC(C)(CO)NC)cc1. The average Bonchev–Trinajstić information content (AvgIpc) is 2.54. The second-order valence-electron chi connectivity index (χ2n) is 6.15. The molecule has 0 bridgehead atoms. The summed E-state index contributed by atoms with van der Waals surface area (Å²) in [5, 5.41) is 12.5. The molecule has 0 amide bonds. The molecule has 0 radical (unpaired) electrons. The molecule has 0 saturated carbocycles. The summed E-state index contributed by atoms with van der Waals surface area (Å²) < 4.78 is 5.77. The molecule has 0 spiro atoms. The van der Waals surface area contributed by atoms with Crippen LogP contribution < -0.4 is 10.1 Å². The highest BCUT2D eigenvalue weighted by atomic mass is 16.5. The molecule has 0 aliphatic rings. The minimum atomic E-state index is -0.169. The van der Waals surface area contributed by atoms with Gasteiger partial charge in [-0.25, -0.2) is 0 Å². The first-order chi connectivity index (χ1) is 10.0. The lowest BCUT2D eigenvalue weighted by Crippen LogP contribution is -2.43. The second-order valence-corrected chi connectivity index (χ2v) is 6.15. The van der Waals surface area contributed by atoms with E-state index in [4.69, 9.17) is 4.74 Å². The number of likely N-dealkylation sites (N-methyl/N-ethyl adjacent to an activating group) is 1. The Morgan fingerprint density at radius 2 is 1.90 bits per heavy atom. The number of aliphatic hydroxyl groups excluding tert-OH is 1. The van der Waals surface area contributed by atoms with Gasteiger partial charge in [-0.3, -0.25) is 0 Å². The Labute approximate surface area is 129 Å². The Balaban J connectivity index is 2.27. The predicted octanol–water partition coefficient (Wildman–Crippen LogP) is 3.72. The van der Waals surface area contributed by atoms with Crippen LogP contribution in [-0.2, 0) is 0 Å². The number of unbranched alkanes of at least 4 members (excludes halogenated alkanes) is 1. The van der Waals surface area contributed by atoms with E-state index in [-0.39, 0.29) is 12.1 Å². The third kappa shape index (κ3) is 6.06. The molecule has 1 aromatic carbocycles. The molecular weight excluding hydrogens is 262 g/mol. The van der Waals surface area contributed by atoms with Gasteiger partial charge in [-0.1, -0.05) is 26.0 Å². The zero-order chi connectivity index (χ0) is 15.7. The number of benzene rings is 1. The molecule has 120 valence electrons. The van der Waals surface area contributed by atoms with Gasteiger partial charge in [-0.05, 0) is 63.3 Å². The van der Waals surface area contributed by atoms with E-state index < -0.39 is 0 Å². The topological polar surface area (TPSA) is 41.5 Å². The van der Waals surface area contributed by atoms with Gasteiger partial charge in [0, 0.05) is 5.54 Å². The summed E-state index contributed by atoms with van der Waals surface area (Å²) >= 11 is 0. The van der Waals surface area contributed by atoms with Crippen LogP contribution in [0.3, 0.4) is 0 Å². The lowest BCUT2D eigenvalue weighted by Gasteiger charge is -2.26. The van der Waals surface area contributed by atoms with Crippen molar-refractivity contribution in [3.8, 4) is 5.75 Å². The Morgan fingerprint density at radius 1 is 1.24 bits per heavy atom. The van der Waals surface area contributed by atoms with Gasteiger partial charge >= 0.3 is 0 Å². The molecule has 0 aromatic heterocycles. The number of rotatable bonds is 10. The van der Waals surface area contributed by atoms with E-state index in [0.29, 0.717) is 5.92 Å². The van der Waals surface area contributed by atoms with E-state index in [0.717, 1.165) is 38.0 Å². The molecule has 1 aromatic rings. The van der Waals surface area contributed by atoms with E-state index in [9.17, 15) is 5.11 Å². The third-order valence-electron chi connectivity index (χ3n) is 4.41. The second kappa shape index (κ2) is 9.06. The fourth-order valence-corrected chi connectivity index (χ4v) is 2.22. The zero-order valence-corrected chi connectivity index (χ0v) is 14.0. The monoisotopic (exact) mass is 293 g/mol. The van der Waals surface area contributed by atoms with Crippen molar-refractivity contribution >= 4 is 0 Å². The molecule has 3 heteroatoms. The summed E-state index contributed by atoms with van der Waals surface area (Å²) in [5.74, 6) is 1.55. The van der Waals surface area contributed by atoms with E-state index in [1.807, 2.05) is 14.0 Å². The molecule has 21 heavy (non-hydrogen) atoms. The minimum Gasteiger partial charge on any atom is -0.494 e. The fraction of sp³-hybridized carbons (Fsp3) is 0.667. The maximum absolute atomic E-state index is 9.32. The quantitative estimate of drug-likeness (QED) is 0.646. The molecular formula is C18H31NO2. The van der Waals surface area contributed by atoms with Gasteiger partial charge in [0.25, 0.3) is 0 Å². The predicted molar refractivity (Wildman–Crippen MR) is 89.0 cm³/mol. The van der Waals surface area contributed by atoms with Crippen molar-refractivity contribution in [3.63, 3.8) is 0 Å². The number of ether oxygens (including phenoxy) is 1. The average molecular weight is 293 g/mol. The van der Waals surface area contributed by atoms with Gasteiger partial charge in [0.05, 0.1) is 13.2 Å². The molecule has 3 nitrogen and oxygen atoms in total. The van der Waals surface area contributed by atoms with E-state index in [2.05, 4.69) is 43.4 Å². The Hall–Kier alpha value is -1.06. The van der Waals surface area contributed by atoms with E-state index >= 15 is 0 Å². The van der Waals surface area contributed by atoms with Crippen molar-refractivity contribution in [1.29, 1.82) is 0 Å². The number of hydrogen-bond donors (Lipinski definition) is 2. The Bertz CT molecular complexity index is 385. The molecule has 0 heterocycles. The largest absolute Gasteiger partial charge is 0.494 e. The summed E-state index contributed by atoms with van der Waals surface area (Å²) in [6.07, 6.45) is 4.17. The highest BCUT2D eigenvalue weighted by Gasteiger charge is 2.19. The summed E-state index contributed by atoms with van der Waals surface area (Å²) in [5.41, 5.74) is 1.20. The normalized spacial score (nSPS) is 15.5. The van der Waals surface area contributed by atoms with Crippen LogP contribution in [0.2, 0.25) is 0 Å². The fourth-order valence-electron chi connectivity index (χ4n) is 2.22. The smallest absolute Gasteiger partial charge is 0.119 e. The van der Waals surface area contributed by atoms with E-state index in [1.54, 1.807) is 0 Å². The van der Waals surface area contributed by atoms with Gasteiger partial charge in [0.2, 0.25) is 0 Å². The van der Waals surface area contributed by atoms with Crippen LogP contribution in [0, 0.1) is 0 Å². The molecule has 0 saturated heterocycles. The molecule has 2 N–H and O–H groups in total. The van der Waals surface area contributed by atoms with Crippen LogP contribution in [0.1, 0.15) is 57.9 Å². The lowest BCUT2D eigenvalue weighted by atomic mass is 9.96. The van der Waals surface area contributed by atoms with Crippen LogP contribution >= 0.6 is 0 Å². The van der Waals surface area contributed by atoms with Crippen molar-refractivity contribution in [2.45, 2.75) is 57.9 Å². The maximum Gasteiger partial charge on any atom is 0.119 e. The molecule has 2 atom stereocenters. The van der Waals surface area contributed by atoms with Crippen LogP contribution in [-0.4, -0.2) is 30.9 Å².